The fourth-order valence-electron chi connectivity index (χ4n) is 5.64. The van der Waals surface area contributed by atoms with Gasteiger partial charge in [0.2, 0.25) is 17.7 Å². The zero-order chi connectivity index (χ0) is 22.7. The number of anilines is 1. The van der Waals surface area contributed by atoms with Gasteiger partial charge in [-0.15, -0.1) is 0 Å². The summed E-state index contributed by atoms with van der Waals surface area (Å²) in [6.45, 7) is 3.52. The van der Waals surface area contributed by atoms with Crippen LogP contribution in [0.4, 0.5) is 5.69 Å². The van der Waals surface area contributed by atoms with Crippen molar-refractivity contribution in [1.82, 2.24) is 14.3 Å². The van der Waals surface area contributed by atoms with E-state index >= 15 is 0 Å². The molecule has 5 atom stereocenters. The van der Waals surface area contributed by atoms with E-state index < -0.39 is 11.9 Å². The molecule has 1 saturated carbocycles. The molecule has 1 N–H and O–H groups in total. The van der Waals surface area contributed by atoms with Gasteiger partial charge in [-0.3, -0.25) is 28.8 Å². The van der Waals surface area contributed by atoms with Crippen LogP contribution in [-0.4, -0.2) is 38.0 Å². The van der Waals surface area contributed by atoms with Crippen molar-refractivity contribution < 1.29 is 14.4 Å². The Hall–Kier alpha value is -3.42. The molecule has 0 spiro atoms. The van der Waals surface area contributed by atoms with Gasteiger partial charge in [0, 0.05) is 7.05 Å². The SMILES string of the molecule is CCC(C(=O)Nc1c(C)n(C)n(-c2ccccc2)c1=O)N1C(=O)C2C3C=CC(C3)C2C1=O. The lowest BCUT2D eigenvalue weighted by molar-refractivity contribution is -0.147. The summed E-state index contributed by atoms with van der Waals surface area (Å²) in [6, 6.07) is 8.20. The van der Waals surface area contributed by atoms with E-state index in [1.165, 1.54) is 4.68 Å². The van der Waals surface area contributed by atoms with Crippen LogP contribution in [0.2, 0.25) is 0 Å². The van der Waals surface area contributed by atoms with E-state index in [1.807, 2.05) is 42.5 Å². The number of fused-ring (bicyclic) bond motifs is 5. The second kappa shape index (κ2) is 7.32. The largest absolute Gasteiger partial charge is 0.318 e. The topological polar surface area (TPSA) is 93.4 Å². The molecule has 32 heavy (non-hydrogen) atoms. The summed E-state index contributed by atoms with van der Waals surface area (Å²) in [4.78, 5) is 53.8. The Morgan fingerprint density at radius 1 is 1.06 bits per heavy atom. The number of carbonyl (C=O) groups excluding carboxylic acids is 3. The molecule has 5 rings (SSSR count). The lowest BCUT2D eigenvalue weighted by atomic mass is 9.85. The Balaban J connectivity index is 1.43. The molecule has 3 aliphatic rings. The first-order chi connectivity index (χ1) is 15.3. The number of hydrogen-bond acceptors (Lipinski definition) is 4. The Labute approximate surface area is 185 Å². The summed E-state index contributed by atoms with van der Waals surface area (Å²) < 4.78 is 3.15. The summed E-state index contributed by atoms with van der Waals surface area (Å²) in [6.07, 6.45) is 5.18. The number of nitrogens with one attached hydrogen (secondary N) is 1. The van der Waals surface area contributed by atoms with E-state index in [1.54, 1.807) is 25.6 Å². The van der Waals surface area contributed by atoms with Gasteiger partial charge < -0.3 is 5.32 Å². The molecule has 2 bridgehead atoms. The Bertz CT molecular complexity index is 1180. The van der Waals surface area contributed by atoms with Crippen molar-refractivity contribution in [1.29, 1.82) is 0 Å². The number of benzene rings is 1. The third-order valence-electron chi connectivity index (χ3n) is 7.31. The van der Waals surface area contributed by atoms with Crippen LogP contribution in [0.5, 0.6) is 0 Å². The van der Waals surface area contributed by atoms with Crippen molar-refractivity contribution in [3.63, 3.8) is 0 Å². The summed E-state index contributed by atoms with van der Waals surface area (Å²) in [5.74, 6) is -1.57. The molecule has 1 aromatic carbocycles. The number of imide groups is 1. The first-order valence-electron chi connectivity index (χ1n) is 11.0. The minimum atomic E-state index is -0.941. The van der Waals surface area contributed by atoms with Crippen LogP contribution in [0.15, 0.2) is 47.3 Å². The third-order valence-corrected chi connectivity index (χ3v) is 7.31. The van der Waals surface area contributed by atoms with Crippen molar-refractivity contribution in [3.05, 3.63) is 58.5 Å². The average Bonchev–Trinajstić information content (AvgIpc) is 3.51. The van der Waals surface area contributed by atoms with E-state index in [4.69, 9.17) is 0 Å². The fraction of sp³-hybridized carbons (Fsp3) is 0.417. The molecule has 166 valence electrons. The van der Waals surface area contributed by atoms with Crippen LogP contribution in [-0.2, 0) is 21.4 Å². The monoisotopic (exact) mass is 434 g/mol. The molecule has 8 nitrogen and oxygen atoms in total. The first kappa shape index (κ1) is 20.5. The molecule has 2 aromatic rings. The predicted octanol–water partition coefficient (Wildman–Crippen LogP) is 2.01. The lowest BCUT2D eigenvalue weighted by Crippen LogP contribution is -2.48. The van der Waals surface area contributed by atoms with E-state index in [-0.39, 0.29) is 53.2 Å². The fourth-order valence-corrected chi connectivity index (χ4v) is 5.64. The molecule has 2 heterocycles. The molecule has 1 saturated heterocycles. The van der Waals surface area contributed by atoms with E-state index in [2.05, 4.69) is 5.32 Å². The highest BCUT2D eigenvalue weighted by Gasteiger charge is 2.60. The summed E-state index contributed by atoms with van der Waals surface area (Å²) in [5, 5.41) is 2.73. The van der Waals surface area contributed by atoms with E-state index in [9.17, 15) is 19.2 Å². The zero-order valence-corrected chi connectivity index (χ0v) is 18.3. The average molecular weight is 434 g/mol. The van der Waals surface area contributed by atoms with Crippen molar-refractivity contribution >= 4 is 23.4 Å². The van der Waals surface area contributed by atoms with Crippen molar-refractivity contribution in [3.8, 4) is 5.69 Å². The smallest absolute Gasteiger partial charge is 0.295 e. The second-order valence-electron chi connectivity index (χ2n) is 8.90. The molecular weight excluding hydrogens is 408 g/mol. The summed E-state index contributed by atoms with van der Waals surface area (Å²) in [5.41, 5.74) is 1.05. The number of hydrogen-bond donors (Lipinski definition) is 1. The van der Waals surface area contributed by atoms with Gasteiger partial charge in [-0.2, -0.15) is 0 Å². The molecular formula is C24H26N4O4. The highest BCUT2D eigenvalue weighted by molar-refractivity contribution is 6.10. The number of amides is 3. The molecule has 5 unspecified atom stereocenters. The van der Waals surface area contributed by atoms with Gasteiger partial charge in [0.1, 0.15) is 11.7 Å². The predicted molar refractivity (Wildman–Crippen MR) is 118 cm³/mol. The Kier molecular flexibility index (Phi) is 4.69. The van der Waals surface area contributed by atoms with Gasteiger partial charge in [-0.1, -0.05) is 37.3 Å². The molecule has 1 aromatic heterocycles. The summed E-state index contributed by atoms with van der Waals surface area (Å²) in [7, 11) is 1.74. The maximum atomic E-state index is 13.3. The number of nitrogens with zero attached hydrogens (tertiary/aromatic N) is 3. The van der Waals surface area contributed by atoms with Crippen molar-refractivity contribution in [2.24, 2.45) is 30.7 Å². The Morgan fingerprint density at radius 2 is 1.66 bits per heavy atom. The highest BCUT2D eigenvalue weighted by atomic mass is 16.2. The van der Waals surface area contributed by atoms with Gasteiger partial charge >= 0.3 is 0 Å². The van der Waals surface area contributed by atoms with Gasteiger partial charge in [-0.05, 0) is 43.7 Å². The summed E-state index contributed by atoms with van der Waals surface area (Å²) >= 11 is 0. The van der Waals surface area contributed by atoms with Gasteiger partial charge in [0.25, 0.3) is 5.56 Å². The molecule has 2 fully saturated rings. The molecule has 0 radical (unpaired) electrons. The number of likely N-dealkylation sites (tertiary alicyclic amines) is 1. The van der Waals surface area contributed by atoms with Gasteiger partial charge in [0.05, 0.1) is 23.2 Å². The van der Waals surface area contributed by atoms with Crippen LogP contribution in [0, 0.1) is 30.6 Å². The van der Waals surface area contributed by atoms with E-state index in [0.29, 0.717) is 11.4 Å². The molecule has 3 amide bonds. The minimum absolute atomic E-state index is 0.0847. The van der Waals surface area contributed by atoms with Gasteiger partial charge in [0.15, 0.2) is 0 Å². The van der Waals surface area contributed by atoms with Crippen molar-refractivity contribution in [2.75, 3.05) is 5.32 Å². The normalized spacial score (nSPS) is 26.7. The number of aromatic nitrogens is 2. The Morgan fingerprint density at radius 3 is 2.22 bits per heavy atom. The highest BCUT2D eigenvalue weighted by Crippen LogP contribution is 2.53. The number of allylic oxidation sites excluding steroid dienone is 2. The van der Waals surface area contributed by atoms with Crippen LogP contribution in [0.1, 0.15) is 25.5 Å². The van der Waals surface area contributed by atoms with Gasteiger partial charge in [-0.25, -0.2) is 4.68 Å². The second-order valence-corrected chi connectivity index (χ2v) is 8.90. The van der Waals surface area contributed by atoms with Crippen LogP contribution in [0.3, 0.4) is 0 Å². The lowest BCUT2D eigenvalue weighted by Gasteiger charge is -2.25. The minimum Gasteiger partial charge on any atom is -0.318 e. The first-order valence-corrected chi connectivity index (χ1v) is 11.0. The van der Waals surface area contributed by atoms with Crippen LogP contribution < -0.4 is 10.9 Å². The van der Waals surface area contributed by atoms with Crippen LogP contribution in [0.25, 0.3) is 5.69 Å². The zero-order valence-electron chi connectivity index (χ0n) is 18.3. The molecule has 2 aliphatic carbocycles. The van der Waals surface area contributed by atoms with Crippen molar-refractivity contribution in [2.45, 2.75) is 32.7 Å². The molecule has 8 heteroatoms. The third kappa shape index (κ3) is 2.75. The number of para-hydroxylation sites is 1. The quantitative estimate of drug-likeness (QED) is 0.576. The standard InChI is InChI=1S/C24H26N4O4/c1-4-17(27-22(30)18-14-10-11-15(12-14)19(18)23(27)31)21(29)25-20-13(2)26(3)28(24(20)32)16-8-6-5-7-9-16/h5-11,14-15,17-19H,4,12H2,1-3H3,(H,25,29). The maximum absolute atomic E-state index is 13.3. The number of rotatable bonds is 5. The number of carbonyl (C=O) groups is 3. The van der Waals surface area contributed by atoms with E-state index in [0.717, 1.165) is 11.3 Å². The van der Waals surface area contributed by atoms with Crippen LogP contribution >= 0.6 is 0 Å². The molecule has 1 aliphatic heterocycles. The maximum Gasteiger partial charge on any atom is 0.295 e.